The molecule has 2 aliphatic rings. The van der Waals surface area contributed by atoms with Gasteiger partial charge in [-0.15, -0.1) is 0 Å². The molecule has 1 fully saturated rings. The summed E-state index contributed by atoms with van der Waals surface area (Å²) in [5.41, 5.74) is 7.26. The van der Waals surface area contributed by atoms with E-state index >= 15 is 0 Å². The number of nitrogens with two attached hydrogens (primary N) is 1. The predicted octanol–water partition coefficient (Wildman–Crippen LogP) is 3.95. The third-order valence-electron chi connectivity index (χ3n) is 4.74. The molecule has 0 bridgehead atoms. The first-order valence-electron chi connectivity index (χ1n) is 7.33. The molecular formula is C16H22BrNO2. The summed E-state index contributed by atoms with van der Waals surface area (Å²) in [7, 11) is 0. The second-order valence-electron chi connectivity index (χ2n) is 6.36. The van der Waals surface area contributed by atoms with E-state index in [1.54, 1.807) is 0 Å². The molecular weight excluding hydrogens is 318 g/mol. The number of halogens is 1. The van der Waals surface area contributed by atoms with Crippen molar-refractivity contribution in [3.63, 3.8) is 0 Å². The normalized spacial score (nSPS) is 36.5. The number of hydrogen-bond donors (Lipinski definition) is 1. The minimum absolute atomic E-state index is 0.0375. The van der Waals surface area contributed by atoms with E-state index in [2.05, 4.69) is 35.8 Å². The van der Waals surface area contributed by atoms with E-state index in [9.17, 15) is 0 Å². The SMILES string of the molecule is CCC1(C)CC2(CCO1)CC(N)c1cc(Br)ccc1O2. The lowest BCUT2D eigenvalue weighted by atomic mass is 9.75. The van der Waals surface area contributed by atoms with Crippen molar-refractivity contribution in [2.75, 3.05) is 6.61 Å². The lowest BCUT2D eigenvalue weighted by Crippen LogP contribution is -2.53. The Morgan fingerprint density at radius 2 is 2.25 bits per heavy atom. The van der Waals surface area contributed by atoms with Gasteiger partial charge in [0.05, 0.1) is 12.2 Å². The van der Waals surface area contributed by atoms with Crippen molar-refractivity contribution in [2.45, 2.75) is 56.8 Å². The van der Waals surface area contributed by atoms with Crippen LogP contribution in [0.5, 0.6) is 5.75 Å². The van der Waals surface area contributed by atoms with Gasteiger partial charge in [0.1, 0.15) is 11.4 Å². The maximum absolute atomic E-state index is 6.41. The van der Waals surface area contributed by atoms with E-state index in [0.29, 0.717) is 0 Å². The van der Waals surface area contributed by atoms with Gasteiger partial charge in [0.25, 0.3) is 0 Å². The smallest absolute Gasteiger partial charge is 0.124 e. The molecule has 0 radical (unpaired) electrons. The Labute approximate surface area is 129 Å². The molecule has 2 N–H and O–H groups in total. The van der Waals surface area contributed by atoms with Crippen molar-refractivity contribution in [3.05, 3.63) is 28.2 Å². The summed E-state index contributed by atoms with van der Waals surface area (Å²) in [5, 5.41) is 0. The molecule has 0 amide bonds. The molecule has 0 aromatic heterocycles. The minimum Gasteiger partial charge on any atom is -0.487 e. The zero-order valence-corrected chi connectivity index (χ0v) is 13.7. The number of ether oxygens (including phenoxy) is 2. The van der Waals surface area contributed by atoms with E-state index in [1.165, 1.54) is 0 Å². The summed E-state index contributed by atoms with van der Waals surface area (Å²) >= 11 is 3.50. The van der Waals surface area contributed by atoms with Gasteiger partial charge < -0.3 is 15.2 Å². The molecule has 110 valence electrons. The number of hydrogen-bond acceptors (Lipinski definition) is 3. The third-order valence-corrected chi connectivity index (χ3v) is 5.24. The summed E-state index contributed by atoms with van der Waals surface area (Å²) in [6, 6.07) is 6.16. The fourth-order valence-corrected chi connectivity index (χ4v) is 3.86. The zero-order chi connectivity index (χ0) is 14.4. The summed E-state index contributed by atoms with van der Waals surface area (Å²) in [6.45, 7) is 5.11. The Bertz CT molecular complexity index is 521. The minimum atomic E-state index is -0.163. The van der Waals surface area contributed by atoms with Crippen LogP contribution in [0, 0.1) is 0 Å². The van der Waals surface area contributed by atoms with Gasteiger partial charge in [0.15, 0.2) is 0 Å². The fourth-order valence-electron chi connectivity index (χ4n) is 3.48. The molecule has 0 aliphatic carbocycles. The van der Waals surface area contributed by atoms with Crippen LogP contribution in [0.15, 0.2) is 22.7 Å². The van der Waals surface area contributed by atoms with Crippen molar-refractivity contribution in [1.82, 2.24) is 0 Å². The predicted molar refractivity (Wildman–Crippen MR) is 82.9 cm³/mol. The van der Waals surface area contributed by atoms with E-state index in [1.807, 2.05) is 12.1 Å². The highest BCUT2D eigenvalue weighted by Crippen LogP contribution is 2.47. The molecule has 3 atom stereocenters. The lowest BCUT2D eigenvalue weighted by Gasteiger charge is -2.49. The van der Waals surface area contributed by atoms with Gasteiger partial charge in [-0.25, -0.2) is 0 Å². The van der Waals surface area contributed by atoms with Crippen molar-refractivity contribution >= 4 is 15.9 Å². The average Bonchev–Trinajstić information content (AvgIpc) is 2.40. The molecule has 1 saturated heterocycles. The van der Waals surface area contributed by atoms with Gasteiger partial charge in [0.2, 0.25) is 0 Å². The first kappa shape index (κ1) is 14.4. The highest BCUT2D eigenvalue weighted by molar-refractivity contribution is 9.10. The van der Waals surface area contributed by atoms with Crippen LogP contribution < -0.4 is 10.5 Å². The molecule has 3 unspecified atom stereocenters. The quantitative estimate of drug-likeness (QED) is 0.842. The largest absolute Gasteiger partial charge is 0.487 e. The number of fused-ring (bicyclic) bond motifs is 1. The lowest BCUT2D eigenvalue weighted by molar-refractivity contribution is -0.151. The molecule has 1 aromatic carbocycles. The Balaban J connectivity index is 1.92. The van der Waals surface area contributed by atoms with Crippen LogP contribution in [0.25, 0.3) is 0 Å². The van der Waals surface area contributed by atoms with Crippen molar-refractivity contribution in [3.8, 4) is 5.75 Å². The monoisotopic (exact) mass is 339 g/mol. The topological polar surface area (TPSA) is 44.5 Å². The van der Waals surface area contributed by atoms with E-state index in [4.69, 9.17) is 15.2 Å². The summed E-state index contributed by atoms with van der Waals surface area (Å²) in [4.78, 5) is 0. The zero-order valence-electron chi connectivity index (χ0n) is 12.1. The second-order valence-corrected chi connectivity index (χ2v) is 7.27. The number of rotatable bonds is 1. The second kappa shape index (κ2) is 5.00. The maximum atomic E-state index is 6.41. The van der Waals surface area contributed by atoms with Gasteiger partial charge in [-0.2, -0.15) is 0 Å². The first-order valence-corrected chi connectivity index (χ1v) is 8.13. The Morgan fingerprint density at radius 3 is 3.00 bits per heavy atom. The molecule has 0 saturated carbocycles. The Hall–Kier alpha value is -0.580. The van der Waals surface area contributed by atoms with Crippen LogP contribution in [0.4, 0.5) is 0 Å². The average molecular weight is 340 g/mol. The standard InChI is InChI=1S/C16H22BrNO2/c1-3-15(2)10-16(6-7-19-15)9-13(18)12-8-11(17)4-5-14(12)20-16/h4-5,8,13H,3,6-7,9-10,18H2,1-2H3. The van der Waals surface area contributed by atoms with Gasteiger partial charge in [-0.05, 0) is 31.5 Å². The van der Waals surface area contributed by atoms with Gasteiger partial charge >= 0.3 is 0 Å². The molecule has 1 spiro atoms. The van der Waals surface area contributed by atoms with Gasteiger partial charge in [-0.1, -0.05) is 22.9 Å². The van der Waals surface area contributed by atoms with Crippen LogP contribution in [0.1, 0.15) is 51.1 Å². The van der Waals surface area contributed by atoms with Crippen LogP contribution in [-0.2, 0) is 4.74 Å². The summed E-state index contributed by atoms with van der Waals surface area (Å²) < 4.78 is 13.4. The first-order chi connectivity index (χ1) is 9.45. The molecule has 1 aromatic rings. The van der Waals surface area contributed by atoms with E-state index < -0.39 is 0 Å². The van der Waals surface area contributed by atoms with Crippen molar-refractivity contribution in [2.24, 2.45) is 5.73 Å². The summed E-state index contributed by atoms with van der Waals surface area (Å²) in [6.07, 6.45) is 3.71. The molecule has 2 heterocycles. The van der Waals surface area contributed by atoms with Crippen LogP contribution >= 0.6 is 15.9 Å². The highest BCUT2D eigenvalue weighted by atomic mass is 79.9. The molecule has 3 nitrogen and oxygen atoms in total. The third kappa shape index (κ3) is 2.49. The highest BCUT2D eigenvalue weighted by Gasteiger charge is 2.47. The van der Waals surface area contributed by atoms with E-state index in [-0.39, 0.29) is 17.2 Å². The molecule has 3 rings (SSSR count). The van der Waals surface area contributed by atoms with Crippen molar-refractivity contribution in [1.29, 1.82) is 0 Å². The summed E-state index contributed by atoms with van der Waals surface area (Å²) in [5.74, 6) is 0.937. The van der Waals surface area contributed by atoms with Gasteiger partial charge in [0, 0.05) is 35.3 Å². The van der Waals surface area contributed by atoms with Crippen molar-refractivity contribution < 1.29 is 9.47 Å². The van der Waals surface area contributed by atoms with Crippen LogP contribution in [-0.4, -0.2) is 17.8 Å². The maximum Gasteiger partial charge on any atom is 0.124 e. The molecule has 20 heavy (non-hydrogen) atoms. The number of benzene rings is 1. The Morgan fingerprint density at radius 1 is 1.45 bits per heavy atom. The van der Waals surface area contributed by atoms with E-state index in [0.717, 1.165) is 48.1 Å². The molecule has 4 heteroatoms. The Kier molecular flexibility index (Phi) is 3.59. The van der Waals surface area contributed by atoms with Crippen LogP contribution in [0.2, 0.25) is 0 Å². The van der Waals surface area contributed by atoms with Gasteiger partial charge in [-0.3, -0.25) is 0 Å². The van der Waals surface area contributed by atoms with Crippen LogP contribution in [0.3, 0.4) is 0 Å². The molecule has 2 aliphatic heterocycles. The fraction of sp³-hybridized carbons (Fsp3) is 0.625.